The number of aromatic nitrogens is 1. The number of hydrogen-bond acceptors (Lipinski definition) is 2. The van der Waals surface area contributed by atoms with E-state index in [9.17, 15) is 4.79 Å². The van der Waals surface area contributed by atoms with Crippen LogP contribution in [-0.2, 0) is 0 Å². The van der Waals surface area contributed by atoms with E-state index >= 15 is 0 Å². The van der Waals surface area contributed by atoms with E-state index in [1.54, 1.807) is 0 Å². The van der Waals surface area contributed by atoms with Crippen LogP contribution in [0, 0.1) is 5.92 Å². The van der Waals surface area contributed by atoms with Crippen LogP contribution >= 0.6 is 7.92 Å². The van der Waals surface area contributed by atoms with E-state index in [0.717, 1.165) is 34.1 Å². The van der Waals surface area contributed by atoms with Crippen LogP contribution in [0.15, 0.2) is 132 Å². The number of amides is 1. The van der Waals surface area contributed by atoms with Crippen molar-refractivity contribution in [3.63, 3.8) is 0 Å². The molecule has 1 saturated heterocycles. The van der Waals surface area contributed by atoms with E-state index in [1.807, 2.05) is 24.4 Å². The van der Waals surface area contributed by atoms with Crippen LogP contribution in [0.4, 0.5) is 0 Å². The standard InChI is InChI=1S/C36H35N2OP.C2H3.In/c1-3-27(2)15-14-23-34(31-25-26-37-33-22-12-10-20-30(31)33)38-36(39)32-21-11-13-24-35(32)40(28-16-6-4-7-17-28)29-18-8-5-9-19-29;1-2;/h4-13,16-27,34H,2-3,14-15H2,1H3,(H,38,39);1H,2H2;/t27-,34+;;/m1../s1. The van der Waals surface area contributed by atoms with Crippen molar-refractivity contribution >= 4 is 62.1 Å². The Labute approximate surface area is 264 Å². The Hall–Kier alpha value is -3.20. The third-order valence-corrected chi connectivity index (χ3v) is 22.0. The van der Waals surface area contributed by atoms with Crippen LogP contribution < -0.4 is 21.2 Å². The summed E-state index contributed by atoms with van der Waals surface area (Å²) >= 11 is -2.22. The minimum atomic E-state index is -2.22. The maximum absolute atomic E-state index is 14.6. The van der Waals surface area contributed by atoms with Crippen molar-refractivity contribution in [3.8, 4) is 0 Å². The SMILES string of the molecule is C=[CH][In]1[CH2][C@H](CC)CC[C@H]1[C@H](NC(=O)c1ccccc1P(c1ccccc1)c1ccccc1)c1ccnc2ccccc12. The van der Waals surface area contributed by atoms with Gasteiger partial charge in [0.1, 0.15) is 0 Å². The third-order valence-electron chi connectivity index (χ3n) is 9.09. The van der Waals surface area contributed by atoms with Crippen LogP contribution in [0.1, 0.15) is 48.1 Å². The first kappa shape index (κ1) is 29.9. The third kappa shape index (κ3) is 6.52. The first-order valence-corrected chi connectivity index (χ1v) is 22.9. The van der Waals surface area contributed by atoms with E-state index in [4.69, 9.17) is 0 Å². The summed E-state index contributed by atoms with van der Waals surface area (Å²) in [4.78, 5) is 19.3. The van der Waals surface area contributed by atoms with E-state index in [1.165, 1.54) is 33.2 Å². The molecule has 1 aliphatic rings. The van der Waals surface area contributed by atoms with Crippen LogP contribution in [-0.4, -0.2) is 32.3 Å². The van der Waals surface area contributed by atoms with Gasteiger partial charge in [-0.3, -0.25) is 0 Å². The molecule has 4 aromatic carbocycles. The predicted molar refractivity (Wildman–Crippen MR) is 185 cm³/mol. The summed E-state index contributed by atoms with van der Waals surface area (Å²) < 4.78 is 4.13. The van der Waals surface area contributed by atoms with Gasteiger partial charge in [0.15, 0.2) is 0 Å². The zero-order chi connectivity index (χ0) is 29.6. The molecule has 1 amide bonds. The van der Waals surface area contributed by atoms with Crippen LogP contribution in [0.2, 0.25) is 7.85 Å². The molecule has 214 valence electrons. The van der Waals surface area contributed by atoms with Crippen molar-refractivity contribution in [2.24, 2.45) is 5.92 Å². The summed E-state index contributed by atoms with van der Waals surface area (Å²) in [5.74, 6) is 0.800. The molecule has 6 rings (SSSR count). The number of benzene rings is 4. The summed E-state index contributed by atoms with van der Waals surface area (Å²) in [6.07, 6.45) is 5.51. The summed E-state index contributed by atoms with van der Waals surface area (Å²) in [6.45, 7) is 6.68. The first-order chi connectivity index (χ1) is 21.2. The zero-order valence-corrected chi connectivity index (χ0v) is 29.0. The number of para-hydroxylation sites is 1. The molecule has 3 atom stereocenters. The molecule has 5 heteroatoms. The molecule has 3 nitrogen and oxygen atoms in total. The Morgan fingerprint density at radius 3 is 2.26 bits per heavy atom. The molecule has 43 heavy (non-hydrogen) atoms. The number of fused-ring (bicyclic) bond motifs is 1. The Morgan fingerprint density at radius 2 is 1.56 bits per heavy atom. The fourth-order valence-electron chi connectivity index (χ4n) is 6.84. The van der Waals surface area contributed by atoms with Gasteiger partial charge in [-0.05, 0) is 0 Å². The van der Waals surface area contributed by atoms with Crippen molar-refractivity contribution in [1.29, 1.82) is 0 Å². The molecule has 0 unspecified atom stereocenters. The molecule has 5 aromatic rings. The van der Waals surface area contributed by atoms with Crippen molar-refractivity contribution < 1.29 is 4.79 Å². The van der Waals surface area contributed by atoms with Crippen molar-refractivity contribution in [3.05, 3.63) is 143 Å². The molecule has 0 bridgehead atoms. The summed E-state index contributed by atoms with van der Waals surface area (Å²) in [5, 5.41) is 8.35. The summed E-state index contributed by atoms with van der Waals surface area (Å²) in [7, 11) is -0.915. The normalized spacial score (nSPS) is 17.5. The number of carbonyl (C=O) groups excluding carboxylic acids is 1. The number of rotatable bonds is 9. The van der Waals surface area contributed by atoms with Crippen molar-refractivity contribution in [1.82, 2.24) is 10.3 Å². The molecule has 1 aliphatic heterocycles. The van der Waals surface area contributed by atoms with E-state index in [2.05, 4.69) is 125 Å². The monoisotopic (exact) mass is 684 g/mol. The van der Waals surface area contributed by atoms with Crippen molar-refractivity contribution in [2.75, 3.05) is 0 Å². The Bertz CT molecular complexity index is 1650. The first-order valence-electron chi connectivity index (χ1n) is 15.4. The molecular formula is C38H38InN2OP. The number of nitrogens with one attached hydrogen (secondary N) is 1. The molecule has 0 aliphatic carbocycles. The molecule has 1 N–H and O–H groups in total. The van der Waals surface area contributed by atoms with E-state index < -0.39 is 29.4 Å². The molecule has 0 spiro atoms. The number of carbonyl (C=O) groups is 1. The molecule has 2 heterocycles. The number of pyridine rings is 1. The van der Waals surface area contributed by atoms with Gasteiger partial charge in [0.05, 0.1) is 0 Å². The molecule has 1 aromatic heterocycles. The molecule has 1 fully saturated rings. The molecular weight excluding hydrogens is 646 g/mol. The quantitative estimate of drug-likeness (QED) is 0.161. The second kappa shape index (κ2) is 14.1. The van der Waals surface area contributed by atoms with Crippen molar-refractivity contribution in [2.45, 2.75) is 40.1 Å². The average Bonchev–Trinajstić information content (AvgIpc) is 3.08. The minimum absolute atomic E-state index is 0.00701. The van der Waals surface area contributed by atoms with E-state index in [0.29, 0.717) is 3.67 Å². The van der Waals surface area contributed by atoms with Gasteiger partial charge in [0.2, 0.25) is 0 Å². The average molecular weight is 685 g/mol. The fourth-order valence-corrected chi connectivity index (χ4v) is 19.7. The Morgan fingerprint density at radius 1 is 0.907 bits per heavy atom. The maximum atomic E-state index is 14.6. The summed E-state index contributed by atoms with van der Waals surface area (Å²) in [6, 6.07) is 39.9. The van der Waals surface area contributed by atoms with Gasteiger partial charge in [-0.1, -0.05) is 0 Å². The van der Waals surface area contributed by atoms with Crippen LogP contribution in [0.5, 0.6) is 0 Å². The number of hydrogen-bond donors (Lipinski definition) is 1. The molecule has 0 radical (unpaired) electrons. The van der Waals surface area contributed by atoms with Gasteiger partial charge >= 0.3 is 266 Å². The van der Waals surface area contributed by atoms with Crippen LogP contribution in [0.3, 0.4) is 0 Å². The Kier molecular flexibility index (Phi) is 9.76. The van der Waals surface area contributed by atoms with E-state index in [-0.39, 0.29) is 11.9 Å². The van der Waals surface area contributed by atoms with Gasteiger partial charge in [-0.2, -0.15) is 0 Å². The zero-order valence-electron chi connectivity index (χ0n) is 24.8. The molecule has 0 saturated carbocycles. The van der Waals surface area contributed by atoms with Gasteiger partial charge in [0.25, 0.3) is 0 Å². The van der Waals surface area contributed by atoms with Crippen LogP contribution in [0.25, 0.3) is 10.9 Å². The van der Waals surface area contributed by atoms with Gasteiger partial charge in [-0.25, -0.2) is 0 Å². The second-order valence-electron chi connectivity index (χ2n) is 11.5. The van der Waals surface area contributed by atoms with Gasteiger partial charge in [-0.15, -0.1) is 0 Å². The fraction of sp³-hybridized carbons (Fsp3) is 0.211. The summed E-state index contributed by atoms with van der Waals surface area (Å²) in [5.41, 5.74) is 2.93. The topological polar surface area (TPSA) is 42.0 Å². The van der Waals surface area contributed by atoms with Gasteiger partial charge in [0, 0.05) is 0 Å². The Balaban J connectivity index is 1.43. The second-order valence-corrected chi connectivity index (χ2v) is 22.7. The van der Waals surface area contributed by atoms with Gasteiger partial charge < -0.3 is 0 Å². The number of nitrogens with zero attached hydrogens (tertiary/aromatic N) is 1. The predicted octanol–water partition coefficient (Wildman–Crippen LogP) is 7.87.